The van der Waals surface area contributed by atoms with Crippen molar-refractivity contribution in [3.8, 4) is 11.3 Å². The van der Waals surface area contributed by atoms with Crippen molar-refractivity contribution >= 4 is 11.7 Å². The first-order valence-electron chi connectivity index (χ1n) is 5.37. The summed E-state index contributed by atoms with van der Waals surface area (Å²) in [6.45, 7) is 0. The van der Waals surface area contributed by atoms with E-state index >= 15 is 0 Å². The second kappa shape index (κ2) is 3.96. The van der Waals surface area contributed by atoms with Crippen LogP contribution in [0.15, 0.2) is 48.9 Å². The Hall–Kier alpha value is -2.69. The molecule has 3 aromatic rings. The Morgan fingerprint density at radius 3 is 2.67 bits per heavy atom. The molecule has 0 saturated carbocycles. The summed E-state index contributed by atoms with van der Waals surface area (Å²) in [5, 5.41) is 8.83. The van der Waals surface area contributed by atoms with Crippen LogP contribution in [-0.4, -0.2) is 25.4 Å². The molecule has 3 rings (SSSR count). The van der Waals surface area contributed by atoms with E-state index in [1.54, 1.807) is 30.5 Å². The van der Waals surface area contributed by atoms with Gasteiger partial charge in [0.25, 0.3) is 0 Å². The van der Waals surface area contributed by atoms with E-state index in [1.165, 1.54) is 0 Å². The van der Waals surface area contributed by atoms with Crippen molar-refractivity contribution < 1.29 is 9.90 Å². The molecule has 0 aliphatic carbocycles. The summed E-state index contributed by atoms with van der Waals surface area (Å²) in [5.74, 6) is -0.312. The van der Waals surface area contributed by atoms with E-state index in [-0.39, 0.29) is 5.56 Å². The maximum absolute atomic E-state index is 10.8. The van der Waals surface area contributed by atoms with Gasteiger partial charge < -0.3 is 5.11 Å². The molecule has 1 aromatic carbocycles. The molecule has 0 fully saturated rings. The molecule has 0 aliphatic rings. The number of fused-ring (bicyclic) bond motifs is 1. The van der Waals surface area contributed by atoms with Crippen LogP contribution in [0.1, 0.15) is 10.4 Å². The van der Waals surface area contributed by atoms with Crippen molar-refractivity contribution in [3.63, 3.8) is 0 Å². The van der Waals surface area contributed by atoms with Crippen LogP contribution in [0.25, 0.3) is 17.0 Å². The van der Waals surface area contributed by atoms with Gasteiger partial charge in [0.15, 0.2) is 0 Å². The van der Waals surface area contributed by atoms with Gasteiger partial charge in [-0.2, -0.15) is 0 Å². The summed E-state index contributed by atoms with van der Waals surface area (Å²) >= 11 is 0. The predicted molar refractivity (Wildman–Crippen MR) is 65.4 cm³/mol. The Balaban J connectivity index is 2.06. The third-order valence-corrected chi connectivity index (χ3v) is 2.66. The van der Waals surface area contributed by atoms with Gasteiger partial charge in [-0.3, -0.25) is 4.40 Å². The summed E-state index contributed by atoms with van der Waals surface area (Å²) in [7, 11) is 0. The standard InChI is InChI=1S/C13H9N3O2/c17-12(18)10-4-2-9(3-5-10)11-8-16-7-1-6-14-13(16)15-11/h1-8H,(H,17,18). The van der Waals surface area contributed by atoms with E-state index < -0.39 is 5.97 Å². The van der Waals surface area contributed by atoms with Gasteiger partial charge in [0, 0.05) is 24.2 Å². The Labute approximate surface area is 102 Å². The third-order valence-electron chi connectivity index (χ3n) is 2.66. The molecule has 0 bridgehead atoms. The summed E-state index contributed by atoms with van der Waals surface area (Å²) in [4.78, 5) is 19.3. The van der Waals surface area contributed by atoms with Crippen molar-refractivity contribution in [2.24, 2.45) is 0 Å². The van der Waals surface area contributed by atoms with Crippen molar-refractivity contribution in [3.05, 3.63) is 54.5 Å². The van der Waals surface area contributed by atoms with E-state index in [0.29, 0.717) is 5.78 Å². The first-order chi connectivity index (χ1) is 8.74. The number of hydrogen-bond donors (Lipinski definition) is 1. The molecule has 2 heterocycles. The highest BCUT2D eigenvalue weighted by Gasteiger charge is 2.06. The summed E-state index contributed by atoms with van der Waals surface area (Å²) in [6.07, 6.45) is 5.40. The highest BCUT2D eigenvalue weighted by atomic mass is 16.4. The molecular weight excluding hydrogens is 230 g/mol. The monoisotopic (exact) mass is 239 g/mol. The van der Waals surface area contributed by atoms with Crippen LogP contribution >= 0.6 is 0 Å². The molecule has 5 heteroatoms. The molecule has 0 atom stereocenters. The zero-order valence-corrected chi connectivity index (χ0v) is 9.32. The fourth-order valence-electron chi connectivity index (χ4n) is 1.75. The third kappa shape index (κ3) is 1.71. The molecule has 1 N–H and O–H groups in total. The zero-order valence-electron chi connectivity index (χ0n) is 9.32. The van der Waals surface area contributed by atoms with Crippen LogP contribution in [0.2, 0.25) is 0 Å². The lowest BCUT2D eigenvalue weighted by Gasteiger charge is -1.97. The van der Waals surface area contributed by atoms with E-state index in [9.17, 15) is 4.79 Å². The van der Waals surface area contributed by atoms with Crippen LogP contribution in [0, 0.1) is 0 Å². The van der Waals surface area contributed by atoms with Gasteiger partial charge in [-0.25, -0.2) is 14.8 Å². The van der Waals surface area contributed by atoms with Gasteiger partial charge in [0.2, 0.25) is 5.78 Å². The minimum atomic E-state index is -0.932. The number of hydrogen-bond acceptors (Lipinski definition) is 3. The first-order valence-corrected chi connectivity index (χ1v) is 5.37. The highest BCUT2D eigenvalue weighted by molar-refractivity contribution is 5.88. The van der Waals surface area contributed by atoms with Crippen molar-refractivity contribution in [2.75, 3.05) is 0 Å². The second-order valence-corrected chi connectivity index (χ2v) is 3.84. The average Bonchev–Trinajstić information content (AvgIpc) is 2.82. The second-order valence-electron chi connectivity index (χ2n) is 3.84. The Kier molecular flexibility index (Phi) is 2.30. The van der Waals surface area contributed by atoms with Crippen molar-refractivity contribution in [1.29, 1.82) is 0 Å². The molecule has 2 aromatic heterocycles. The smallest absolute Gasteiger partial charge is 0.335 e. The summed E-state index contributed by atoms with van der Waals surface area (Å²) in [6, 6.07) is 8.44. The largest absolute Gasteiger partial charge is 0.478 e. The van der Waals surface area contributed by atoms with Crippen molar-refractivity contribution in [2.45, 2.75) is 0 Å². The number of carboxylic acid groups (broad SMARTS) is 1. The predicted octanol–water partition coefficient (Wildman–Crippen LogP) is 2.09. The van der Waals surface area contributed by atoms with E-state index in [1.807, 2.05) is 22.9 Å². The SMILES string of the molecule is O=C(O)c1ccc(-c2cn3cccnc3n2)cc1. The van der Waals surface area contributed by atoms with Crippen LogP contribution in [0.4, 0.5) is 0 Å². The number of aromatic nitrogens is 3. The fourth-order valence-corrected chi connectivity index (χ4v) is 1.75. The van der Waals surface area contributed by atoms with Crippen LogP contribution < -0.4 is 0 Å². The normalized spacial score (nSPS) is 10.7. The lowest BCUT2D eigenvalue weighted by molar-refractivity contribution is 0.0697. The molecular formula is C13H9N3O2. The summed E-state index contributed by atoms with van der Waals surface area (Å²) in [5.41, 5.74) is 1.90. The topological polar surface area (TPSA) is 67.5 Å². The maximum atomic E-state index is 10.8. The minimum Gasteiger partial charge on any atom is -0.478 e. The molecule has 0 spiro atoms. The van der Waals surface area contributed by atoms with Crippen LogP contribution in [-0.2, 0) is 0 Å². The lowest BCUT2D eigenvalue weighted by Crippen LogP contribution is -1.94. The molecule has 5 nitrogen and oxygen atoms in total. The quantitative estimate of drug-likeness (QED) is 0.743. The molecule has 88 valence electrons. The number of aromatic carboxylic acids is 1. The lowest BCUT2D eigenvalue weighted by atomic mass is 10.1. The number of imidazole rings is 1. The maximum Gasteiger partial charge on any atom is 0.335 e. The Morgan fingerprint density at radius 1 is 1.22 bits per heavy atom. The van der Waals surface area contributed by atoms with E-state index in [0.717, 1.165) is 11.3 Å². The number of carbonyl (C=O) groups is 1. The zero-order chi connectivity index (χ0) is 12.5. The molecule has 0 unspecified atom stereocenters. The molecule has 0 aliphatic heterocycles. The van der Waals surface area contributed by atoms with E-state index in [2.05, 4.69) is 9.97 Å². The van der Waals surface area contributed by atoms with Gasteiger partial charge in [-0.15, -0.1) is 0 Å². The Morgan fingerprint density at radius 2 is 2.00 bits per heavy atom. The molecule has 0 saturated heterocycles. The van der Waals surface area contributed by atoms with Gasteiger partial charge in [-0.1, -0.05) is 12.1 Å². The summed E-state index contributed by atoms with van der Waals surface area (Å²) < 4.78 is 1.82. The van der Waals surface area contributed by atoms with Gasteiger partial charge in [-0.05, 0) is 18.2 Å². The molecule has 18 heavy (non-hydrogen) atoms. The van der Waals surface area contributed by atoms with Gasteiger partial charge in [0.1, 0.15) is 0 Å². The van der Waals surface area contributed by atoms with Crippen LogP contribution in [0.5, 0.6) is 0 Å². The number of rotatable bonds is 2. The average molecular weight is 239 g/mol. The fraction of sp³-hybridized carbons (Fsp3) is 0. The van der Waals surface area contributed by atoms with Gasteiger partial charge >= 0.3 is 5.97 Å². The van der Waals surface area contributed by atoms with Crippen LogP contribution in [0.3, 0.4) is 0 Å². The van der Waals surface area contributed by atoms with Gasteiger partial charge in [0.05, 0.1) is 11.3 Å². The van der Waals surface area contributed by atoms with Crippen molar-refractivity contribution in [1.82, 2.24) is 14.4 Å². The molecule has 0 amide bonds. The highest BCUT2D eigenvalue weighted by Crippen LogP contribution is 2.18. The molecule has 0 radical (unpaired) electrons. The number of benzene rings is 1. The Bertz CT molecular complexity index is 683. The minimum absolute atomic E-state index is 0.264. The number of carboxylic acids is 1. The first kappa shape index (κ1) is 10.5. The van der Waals surface area contributed by atoms with E-state index in [4.69, 9.17) is 5.11 Å². The number of nitrogens with zero attached hydrogens (tertiary/aromatic N) is 3.